The topological polar surface area (TPSA) is 203 Å². The second-order valence-corrected chi connectivity index (χ2v) is 8.39. The van der Waals surface area contributed by atoms with Crippen molar-refractivity contribution in [3.63, 3.8) is 0 Å². The quantitative estimate of drug-likeness (QED) is 0.138. The van der Waals surface area contributed by atoms with E-state index in [1.807, 2.05) is 0 Å². The van der Waals surface area contributed by atoms with Crippen LogP contribution in [-0.4, -0.2) is 44.3 Å². The van der Waals surface area contributed by atoms with Crippen LogP contribution < -0.4 is 32.6 Å². The normalized spacial score (nSPS) is 12.4. The molecule has 12 heteroatoms. The number of nitrogen functional groups attached to an aromatic ring is 1. The molecule has 0 bridgehead atoms. The molecule has 0 spiro atoms. The first-order valence-electron chi connectivity index (χ1n) is 9.36. The number of carbonyl (C=O) groups is 2. The average molecular weight is 451 g/mol. The van der Waals surface area contributed by atoms with Crippen molar-refractivity contribution < 1.29 is 23.1 Å². The van der Waals surface area contributed by atoms with Crippen LogP contribution in [0.15, 0.2) is 53.4 Å². The molecule has 0 aromatic heterocycles. The van der Waals surface area contributed by atoms with Crippen LogP contribution in [-0.2, 0) is 14.8 Å². The Morgan fingerprint density at radius 3 is 2.42 bits per heavy atom. The standard InChI is InChI=1S/C19H26N6O5S/c20-12-5-3-6-13(11-12)31(29,30)25-15-8-2-1-7-14(15)17(26)24-16(18(27)28)9-4-10-23-19(21)22/h1-3,5-8,11,16,19,23,25H,4,9-10,20-22H2,(H,24,26)(H,27,28)/t16-/m0/s1. The lowest BCUT2D eigenvalue weighted by Gasteiger charge is -2.17. The van der Waals surface area contributed by atoms with Crippen molar-refractivity contribution in [1.82, 2.24) is 10.6 Å². The third-order valence-corrected chi connectivity index (χ3v) is 5.60. The first kappa shape index (κ1) is 24.1. The van der Waals surface area contributed by atoms with Gasteiger partial charge in [-0.05, 0) is 49.7 Å². The Bertz CT molecular complexity index is 1030. The van der Waals surface area contributed by atoms with Crippen LogP contribution >= 0.6 is 0 Å². The molecule has 0 unspecified atom stereocenters. The molecule has 0 heterocycles. The maximum Gasteiger partial charge on any atom is 0.326 e. The number of hydrogen-bond acceptors (Lipinski definition) is 8. The Morgan fingerprint density at radius 1 is 1.06 bits per heavy atom. The molecule has 0 aliphatic rings. The number of carbonyl (C=O) groups excluding carboxylic acids is 1. The van der Waals surface area contributed by atoms with Gasteiger partial charge in [-0.2, -0.15) is 0 Å². The predicted molar refractivity (Wildman–Crippen MR) is 116 cm³/mol. The van der Waals surface area contributed by atoms with Crippen molar-refractivity contribution in [2.45, 2.75) is 30.1 Å². The zero-order valence-electron chi connectivity index (χ0n) is 16.6. The Kier molecular flexibility index (Phi) is 8.33. The molecular formula is C19H26N6O5S. The van der Waals surface area contributed by atoms with E-state index in [1.165, 1.54) is 36.4 Å². The van der Waals surface area contributed by atoms with Crippen molar-refractivity contribution in [3.05, 3.63) is 54.1 Å². The number of para-hydroxylation sites is 1. The molecule has 0 aliphatic heterocycles. The first-order valence-corrected chi connectivity index (χ1v) is 10.8. The smallest absolute Gasteiger partial charge is 0.326 e. The number of rotatable bonds is 11. The summed E-state index contributed by atoms with van der Waals surface area (Å²) in [5, 5.41) is 14.6. The van der Waals surface area contributed by atoms with E-state index in [9.17, 15) is 23.1 Å². The Hall–Kier alpha value is -3.19. The van der Waals surface area contributed by atoms with Gasteiger partial charge in [0.1, 0.15) is 12.3 Å². The summed E-state index contributed by atoms with van der Waals surface area (Å²) in [6.45, 7) is 0.369. The molecule has 0 saturated carbocycles. The minimum atomic E-state index is -4.02. The molecule has 11 nitrogen and oxygen atoms in total. The van der Waals surface area contributed by atoms with Gasteiger partial charge in [-0.25, -0.2) is 13.2 Å². The van der Waals surface area contributed by atoms with Gasteiger partial charge in [-0.15, -0.1) is 0 Å². The van der Waals surface area contributed by atoms with Gasteiger partial charge in [0, 0.05) is 5.69 Å². The number of anilines is 2. The van der Waals surface area contributed by atoms with E-state index in [0.717, 1.165) is 0 Å². The molecule has 2 rings (SSSR count). The average Bonchev–Trinajstić information content (AvgIpc) is 2.70. The molecule has 0 aliphatic carbocycles. The van der Waals surface area contributed by atoms with Crippen LogP contribution in [0.5, 0.6) is 0 Å². The number of nitrogens with one attached hydrogen (secondary N) is 3. The summed E-state index contributed by atoms with van der Waals surface area (Å²) in [6, 6.07) is 10.4. The highest BCUT2D eigenvalue weighted by Gasteiger charge is 2.23. The maximum absolute atomic E-state index is 12.7. The summed E-state index contributed by atoms with van der Waals surface area (Å²) in [5.74, 6) is -1.95. The van der Waals surface area contributed by atoms with Crippen LogP contribution in [0.4, 0.5) is 11.4 Å². The largest absolute Gasteiger partial charge is 0.480 e. The lowest BCUT2D eigenvalue weighted by Crippen LogP contribution is -2.46. The minimum Gasteiger partial charge on any atom is -0.480 e. The number of amides is 1. The monoisotopic (exact) mass is 450 g/mol. The van der Waals surface area contributed by atoms with Crippen molar-refractivity contribution >= 4 is 33.3 Å². The van der Waals surface area contributed by atoms with Crippen LogP contribution in [0, 0.1) is 0 Å². The number of sulfonamides is 1. The molecule has 0 fully saturated rings. The second-order valence-electron chi connectivity index (χ2n) is 6.71. The number of aliphatic carboxylic acids is 1. The Balaban J connectivity index is 2.16. The van der Waals surface area contributed by atoms with Crippen LogP contribution in [0.3, 0.4) is 0 Å². The number of carboxylic acids is 1. The summed E-state index contributed by atoms with van der Waals surface area (Å²) in [6.07, 6.45) is -0.207. The fourth-order valence-corrected chi connectivity index (χ4v) is 3.86. The molecule has 31 heavy (non-hydrogen) atoms. The summed E-state index contributed by atoms with van der Waals surface area (Å²) in [4.78, 5) is 24.2. The molecule has 168 valence electrons. The lowest BCUT2D eigenvalue weighted by atomic mass is 10.1. The van der Waals surface area contributed by atoms with E-state index < -0.39 is 34.2 Å². The summed E-state index contributed by atoms with van der Waals surface area (Å²) >= 11 is 0. The van der Waals surface area contributed by atoms with E-state index in [-0.39, 0.29) is 28.3 Å². The molecule has 2 aromatic rings. The van der Waals surface area contributed by atoms with Crippen LogP contribution in [0.1, 0.15) is 23.2 Å². The number of hydrogen-bond donors (Lipinski definition) is 7. The Morgan fingerprint density at radius 2 is 1.77 bits per heavy atom. The van der Waals surface area contributed by atoms with Crippen LogP contribution in [0.25, 0.3) is 0 Å². The fraction of sp³-hybridized carbons (Fsp3) is 0.263. The predicted octanol–water partition coefficient (Wildman–Crippen LogP) is -0.177. The zero-order chi connectivity index (χ0) is 23.0. The van der Waals surface area contributed by atoms with Crippen molar-refractivity contribution in [2.24, 2.45) is 11.5 Å². The van der Waals surface area contributed by atoms with E-state index in [1.54, 1.807) is 12.1 Å². The number of benzene rings is 2. The van der Waals surface area contributed by atoms with Gasteiger partial charge in [-0.1, -0.05) is 18.2 Å². The van der Waals surface area contributed by atoms with Gasteiger partial charge in [0.25, 0.3) is 15.9 Å². The molecule has 2 aromatic carbocycles. The van der Waals surface area contributed by atoms with Gasteiger partial charge >= 0.3 is 5.97 Å². The van der Waals surface area contributed by atoms with Gasteiger partial charge in [0.15, 0.2) is 0 Å². The molecule has 0 saturated heterocycles. The summed E-state index contributed by atoms with van der Waals surface area (Å²) < 4.78 is 27.7. The maximum atomic E-state index is 12.7. The third-order valence-electron chi connectivity index (χ3n) is 4.24. The molecule has 1 atom stereocenters. The van der Waals surface area contributed by atoms with Crippen molar-refractivity contribution in [2.75, 3.05) is 17.0 Å². The van der Waals surface area contributed by atoms with Gasteiger partial charge < -0.3 is 27.6 Å². The highest BCUT2D eigenvalue weighted by atomic mass is 32.2. The highest BCUT2D eigenvalue weighted by molar-refractivity contribution is 7.92. The second kappa shape index (κ2) is 10.7. The molecule has 10 N–H and O–H groups in total. The van der Waals surface area contributed by atoms with Crippen LogP contribution in [0.2, 0.25) is 0 Å². The molecular weight excluding hydrogens is 424 g/mol. The fourth-order valence-electron chi connectivity index (χ4n) is 2.72. The Labute approximate surface area is 180 Å². The van der Waals surface area contributed by atoms with E-state index in [2.05, 4.69) is 15.4 Å². The zero-order valence-corrected chi connectivity index (χ0v) is 17.4. The van der Waals surface area contributed by atoms with Gasteiger partial charge in [0.2, 0.25) is 0 Å². The van der Waals surface area contributed by atoms with E-state index >= 15 is 0 Å². The molecule has 0 radical (unpaired) electrons. The lowest BCUT2D eigenvalue weighted by molar-refractivity contribution is -0.139. The van der Waals surface area contributed by atoms with E-state index in [0.29, 0.717) is 13.0 Å². The van der Waals surface area contributed by atoms with Gasteiger partial charge in [0.05, 0.1) is 16.1 Å². The number of carboxylic acid groups (broad SMARTS) is 1. The van der Waals surface area contributed by atoms with Crippen molar-refractivity contribution in [3.8, 4) is 0 Å². The van der Waals surface area contributed by atoms with Crippen molar-refractivity contribution in [1.29, 1.82) is 0 Å². The summed E-state index contributed by atoms with van der Waals surface area (Å²) in [7, 11) is -4.02. The minimum absolute atomic E-state index is 0.00216. The van der Waals surface area contributed by atoms with E-state index in [4.69, 9.17) is 17.2 Å². The first-order chi connectivity index (χ1) is 14.6. The molecule has 1 amide bonds. The summed E-state index contributed by atoms with van der Waals surface area (Å²) in [5.41, 5.74) is 16.6. The third kappa shape index (κ3) is 7.22. The SMILES string of the molecule is Nc1cccc(S(=O)(=O)Nc2ccccc2C(=O)N[C@@H](CCCNC(N)N)C(=O)O)c1. The van der Waals surface area contributed by atoms with Gasteiger partial charge in [-0.3, -0.25) is 14.8 Å². The number of nitrogens with two attached hydrogens (primary N) is 3. The highest BCUT2D eigenvalue weighted by Crippen LogP contribution is 2.21.